The van der Waals surface area contributed by atoms with Gasteiger partial charge in [0, 0.05) is 35.9 Å². The molecule has 0 saturated carbocycles. The van der Waals surface area contributed by atoms with Gasteiger partial charge in [0.1, 0.15) is 12.4 Å². The van der Waals surface area contributed by atoms with Crippen LogP contribution < -0.4 is 21.1 Å². The number of anilines is 3. The van der Waals surface area contributed by atoms with E-state index in [0.29, 0.717) is 24.6 Å². The maximum atomic E-state index is 12.0. The van der Waals surface area contributed by atoms with Gasteiger partial charge in [-0.05, 0) is 55.0 Å². The van der Waals surface area contributed by atoms with Gasteiger partial charge in [-0.15, -0.1) is 0 Å². The van der Waals surface area contributed by atoms with Crippen LogP contribution >= 0.6 is 0 Å². The molecule has 14 heteroatoms. The van der Waals surface area contributed by atoms with E-state index in [1.165, 1.54) is 0 Å². The lowest BCUT2D eigenvalue weighted by atomic mass is 10.1. The Morgan fingerprint density at radius 1 is 1.12 bits per heavy atom. The highest BCUT2D eigenvalue weighted by Gasteiger charge is 2.38. The summed E-state index contributed by atoms with van der Waals surface area (Å²) in [6, 6.07) is 13.5. The molecule has 0 atom stereocenters. The molecular weight excluding hydrogens is 533 g/mol. The molecule has 0 aliphatic carbocycles. The fourth-order valence-electron chi connectivity index (χ4n) is 3.44. The van der Waals surface area contributed by atoms with Crippen LogP contribution in [0.3, 0.4) is 0 Å². The zero-order chi connectivity index (χ0) is 29.3. The fraction of sp³-hybridized carbons (Fsp3) is 0.231. The topological polar surface area (TPSA) is 153 Å². The molecule has 0 unspecified atom stereocenters. The third-order valence-electron chi connectivity index (χ3n) is 5.31. The van der Waals surface area contributed by atoms with Crippen molar-refractivity contribution in [1.82, 2.24) is 14.4 Å². The first kappa shape index (κ1) is 29.9. The molecule has 0 aliphatic rings. The summed E-state index contributed by atoms with van der Waals surface area (Å²) in [6.07, 6.45) is 0.344. The molecule has 2 aromatic heterocycles. The Labute approximate surface area is 226 Å². The lowest BCUT2D eigenvalue weighted by Crippen LogP contribution is -2.21. The molecule has 0 saturated heterocycles. The number of amides is 1. The van der Waals surface area contributed by atoms with Gasteiger partial charge in [0.15, 0.2) is 11.5 Å². The van der Waals surface area contributed by atoms with E-state index < -0.39 is 12.1 Å². The normalized spacial score (nSPS) is 10.9. The van der Waals surface area contributed by atoms with Gasteiger partial charge >= 0.3 is 12.1 Å². The zero-order valence-electron chi connectivity index (χ0n) is 21.5. The van der Waals surface area contributed by atoms with Crippen molar-refractivity contribution in [2.45, 2.75) is 13.1 Å². The zero-order valence-corrected chi connectivity index (χ0v) is 21.5. The Balaban J connectivity index is 0.000000559. The van der Waals surface area contributed by atoms with Crippen LogP contribution in [0.25, 0.3) is 16.9 Å². The van der Waals surface area contributed by atoms with Gasteiger partial charge in [-0.1, -0.05) is 0 Å². The van der Waals surface area contributed by atoms with Gasteiger partial charge in [-0.25, -0.2) is 14.8 Å². The summed E-state index contributed by atoms with van der Waals surface area (Å²) < 4.78 is 44.1. The van der Waals surface area contributed by atoms with Crippen molar-refractivity contribution < 1.29 is 37.3 Å². The van der Waals surface area contributed by atoms with Crippen molar-refractivity contribution in [2.75, 3.05) is 37.5 Å². The number of carboxylic acid groups (broad SMARTS) is 1. The number of alkyl halides is 3. The molecule has 4 aromatic rings. The number of imidazole rings is 1. The van der Waals surface area contributed by atoms with E-state index in [1.807, 2.05) is 66.2 Å². The number of benzene rings is 2. The molecule has 4 rings (SSSR count). The molecular formula is C26H27F3N6O5. The second-order valence-electron chi connectivity index (χ2n) is 8.19. The van der Waals surface area contributed by atoms with Gasteiger partial charge in [0.2, 0.25) is 5.91 Å². The minimum absolute atomic E-state index is 0.0288. The minimum Gasteiger partial charge on any atom is -0.497 e. The number of hydrogen-bond acceptors (Lipinski definition) is 8. The van der Waals surface area contributed by atoms with Gasteiger partial charge in [-0.3, -0.25) is 9.20 Å². The van der Waals surface area contributed by atoms with Gasteiger partial charge in [-0.2, -0.15) is 13.2 Å². The molecule has 2 heterocycles. The van der Waals surface area contributed by atoms with Crippen LogP contribution in [0.5, 0.6) is 5.75 Å². The van der Waals surface area contributed by atoms with Crippen molar-refractivity contribution in [3.63, 3.8) is 0 Å². The highest BCUT2D eigenvalue weighted by molar-refractivity contribution is 5.92. The number of nitrogens with two attached hydrogens (primary N) is 1. The number of aryl methyl sites for hydroxylation is 1. The average molecular weight is 561 g/mol. The van der Waals surface area contributed by atoms with Crippen LogP contribution in [-0.4, -0.2) is 64.4 Å². The van der Waals surface area contributed by atoms with E-state index in [2.05, 4.69) is 20.6 Å². The number of nitrogens with one attached hydrogen (secondary N) is 2. The third kappa shape index (κ3) is 7.91. The number of fused-ring (bicyclic) bond motifs is 1. The lowest BCUT2D eigenvalue weighted by molar-refractivity contribution is -0.192. The Morgan fingerprint density at radius 2 is 1.82 bits per heavy atom. The Morgan fingerprint density at radius 3 is 2.42 bits per heavy atom. The van der Waals surface area contributed by atoms with Crippen LogP contribution in [0, 0.1) is 6.92 Å². The molecule has 212 valence electrons. The molecule has 0 fully saturated rings. The van der Waals surface area contributed by atoms with Crippen LogP contribution in [0.1, 0.15) is 5.56 Å². The Bertz CT molecular complexity index is 1460. The van der Waals surface area contributed by atoms with Gasteiger partial charge in [0.05, 0.1) is 25.6 Å². The van der Waals surface area contributed by atoms with E-state index in [9.17, 15) is 18.0 Å². The van der Waals surface area contributed by atoms with Gasteiger partial charge in [0.25, 0.3) is 0 Å². The molecule has 5 N–H and O–H groups in total. The molecule has 0 spiro atoms. The second-order valence-corrected chi connectivity index (χ2v) is 8.19. The monoisotopic (exact) mass is 560 g/mol. The largest absolute Gasteiger partial charge is 0.497 e. The number of methoxy groups -OCH3 is 1. The number of hydrogen-bond donors (Lipinski definition) is 4. The number of carboxylic acids is 1. The number of carbonyl (C=O) groups excluding carboxylic acids is 1. The first-order valence-corrected chi connectivity index (χ1v) is 11.8. The minimum atomic E-state index is -5.08. The molecule has 2 aromatic carbocycles. The molecule has 40 heavy (non-hydrogen) atoms. The first-order valence-electron chi connectivity index (χ1n) is 11.8. The summed E-state index contributed by atoms with van der Waals surface area (Å²) in [6.45, 7) is 2.62. The van der Waals surface area contributed by atoms with Crippen molar-refractivity contribution >= 4 is 34.7 Å². The standard InChI is InChI=1S/C24H26N6O3.C2HF3O2/c1-16-13-18(5-8-20(16)29-22(31)15-33-12-9-25)28-23-24-27-14-21(30(24)11-10-26-23)17-3-6-19(32-2)7-4-17;3-2(4,5)1(6)7/h3-8,10-11,13-14H,9,12,15,25H2,1-2H3,(H,26,28)(H,29,31);(H,6,7). The number of aliphatic carboxylic acids is 1. The van der Waals surface area contributed by atoms with Crippen molar-refractivity contribution in [3.05, 3.63) is 66.6 Å². The van der Waals surface area contributed by atoms with E-state index >= 15 is 0 Å². The molecule has 1 amide bonds. The summed E-state index contributed by atoms with van der Waals surface area (Å²) in [5.41, 5.74) is 10.5. The average Bonchev–Trinajstić information content (AvgIpc) is 3.35. The molecule has 11 nitrogen and oxygen atoms in total. The number of carbonyl (C=O) groups is 2. The number of nitrogens with zero attached hydrogens (tertiary/aromatic N) is 3. The third-order valence-corrected chi connectivity index (χ3v) is 5.31. The number of rotatable bonds is 9. The fourth-order valence-corrected chi connectivity index (χ4v) is 3.44. The second kappa shape index (κ2) is 13.4. The highest BCUT2D eigenvalue weighted by Crippen LogP contribution is 2.28. The predicted molar refractivity (Wildman–Crippen MR) is 142 cm³/mol. The summed E-state index contributed by atoms with van der Waals surface area (Å²) in [5.74, 6) is -1.55. The molecule has 0 radical (unpaired) electrons. The van der Waals surface area contributed by atoms with Crippen molar-refractivity contribution in [1.29, 1.82) is 0 Å². The number of aromatic nitrogens is 3. The van der Waals surface area contributed by atoms with Crippen LogP contribution in [0.2, 0.25) is 0 Å². The summed E-state index contributed by atoms with van der Waals surface area (Å²) in [7, 11) is 1.65. The van der Waals surface area contributed by atoms with Crippen LogP contribution in [-0.2, 0) is 14.3 Å². The van der Waals surface area contributed by atoms with E-state index in [-0.39, 0.29) is 12.5 Å². The lowest BCUT2D eigenvalue weighted by Gasteiger charge is -2.12. The summed E-state index contributed by atoms with van der Waals surface area (Å²) >= 11 is 0. The summed E-state index contributed by atoms with van der Waals surface area (Å²) in [5, 5.41) is 13.3. The van der Waals surface area contributed by atoms with Gasteiger partial charge < -0.3 is 30.9 Å². The van der Waals surface area contributed by atoms with Crippen molar-refractivity contribution in [2.24, 2.45) is 5.73 Å². The predicted octanol–water partition coefficient (Wildman–Crippen LogP) is 4.00. The first-order chi connectivity index (χ1) is 19.0. The number of halogens is 3. The Hall–Kier alpha value is -4.69. The number of ether oxygens (including phenoxy) is 2. The van der Waals surface area contributed by atoms with E-state index in [4.69, 9.17) is 25.1 Å². The van der Waals surface area contributed by atoms with E-state index in [0.717, 1.165) is 33.9 Å². The SMILES string of the molecule is COc1ccc(-c2cnc3c(Nc4ccc(NC(=O)COCCN)c(C)c4)nccn23)cc1.O=C(O)C(F)(F)F. The van der Waals surface area contributed by atoms with Crippen LogP contribution in [0.15, 0.2) is 61.1 Å². The van der Waals surface area contributed by atoms with Crippen LogP contribution in [0.4, 0.5) is 30.4 Å². The Kier molecular flexibility index (Phi) is 10.00. The quantitative estimate of drug-likeness (QED) is 0.223. The maximum absolute atomic E-state index is 12.0. The molecule has 0 bridgehead atoms. The van der Waals surface area contributed by atoms with Crippen molar-refractivity contribution in [3.8, 4) is 17.0 Å². The maximum Gasteiger partial charge on any atom is 0.490 e. The summed E-state index contributed by atoms with van der Waals surface area (Å²) in [4.78, 5) is 29.9. The highest BCUT2D eigenvalue weighted by atomic mass is 19.4. The molecule has 0 aliphatic heterocycles. The van der Waals surface area contributed by atoms with E-state index in [1.54, 1.807) is 13.3 Å². The smallest absolute Gasteiger partial charge is 0.490 e.